The second-order valence-electron chi connectivity index (χ2n) is 6.96. The first-order chi connectivity index (χ1) is 12.2. The summed E-state index contributed by atoms with van der Waals surface area (Å²) in [5.41, 5.74) is 2.32. The van der Waals surface area contributed by atoms with Crippen LogP contribution in [0.4, 0.5) is 0 Å². The van der Waals surface area contributed by atoms with Crippen LogP contribution in [0.2, 0.25) is 0 Å². The lowest BCUT2D eigenvalue weighted by Gasteiger charge is -2.26. The van der Waals surface area contributed by atoms with Crippen LogP contribution in [0.25, 0.3) is 11.1 Å². The number of likely N-dealkylation sites (tertiary alicyclic amines) is 1. The van der Waals surface area contributed by atoms with Crippen molar-refractivity contribution in [3.8, 4) is 16.9 Å². The molecule has 0 radical (unpaired) electrons. The van der Waals surface area contributed by atoms with Gasteiger partial charge in [-0.15, -0.1) is 0 Å². The molecule has 4 heteroatoms. The molecule has 0 aliphatic carbocycles. The highest BCUT2D eigenvalue weighted by Gasteiger charge is 2.41. The van der Waals surface area contributed by atoms with Crippen LogP contribution < -0.4 is 10.1 Å². The normalized spacial score (nSPS) is 23.3. The lowest BCUT2D eigenvalue weighted by molar-refractivity contribution is -0.138. The Balaban J connectivity index is 1.40. The van der Waals surface area contributed by atoms with Crippen LogP contribution in [0, 0.1) is 5.92 Å². The molecule has 0 bridgehead atoms. The SMILES string of the molecule is CC(Oc1ccc(-c2ccccc2)cc1)C(=O)N1CC[C@@H]2CNC[C@@H]21. The van der Waals surface area contributed by atoms with Crippen LogP contribution in [0.1, 0.15) is 13.3 Å². The van der Waals surface area contributed by atoms with E-state index in [1.807, 2.05) is 54.3 Å². The van der Waals surface area contributed by atoms with Crippen LogP contribution in [-0.2, 0) is 4.79 Å². The molecule has 2 aromatic carbocycles. The number of ether oxygens (including phenoxy) is 1. The maximum absolute atomic E-state index is 12.8. The highest BCUT2D eigenvalue weighted by atomic mass is 16.5. The Labute approximate surface area is 148 Å². The number of rotatable bonds is 4. The third-order valence-corrected chi connectivity index (χ3v) is 5.35. The minimum Gasteiger partial charge on any atom is -0.481 e. The molecule has 4 rings (SSSR count). The highest BCUT2D eigenvalue weighted by Crippen LogP contribution is 2.28. The van der Waals surface area contributed by atoms with Gasteiger partial charge in [-0.1, -0.05) is 42.5 Å². The second-order valence-corrected chi connectivity index (χ2v) is 6.96. The number of nitrogens with zero attached hydrogens (tertiary/aromatic N) is 1. The van der Waals surface area contributed by atoms with Crippen molar-refractivity contribution in [2.75, 3.05) is 19.6 Å². The van der Waals surface area contributed by atoms with Crippen LogP contribution in [0.3, 0.4) is 0 Å². The van der Waals surface area contributed by atoms with Crippen molar-refractivity contribution in [3.05, 3.63) is 54.6 Å². The first kappa shape index (κ1) is 16.2. The number of hydrogen-bond donors (Lipinski definition) is 1. The van der Waals surface area contributed by atoms with Crippen molar-refractivity contribution >= 4 is 5.91 Å². The van der Waals surface area contributed by atoms with E-state index in [0.717, 1.165) is 37.4 Å². The summed E-state index contributed by atoms with van der Waals surface area (Å²) in [4.78, 5) is 14.8. The fourth-order valence-electron chi connectivity index (χ4n) is 3.97. The zero-order chi connectivity index (χ0) is 17.2. The van der Waals surface area contributed by atoms with Crippen LogP contribution in [0.5, 0.6) is 5.75 Å². The first-order valence-electron chi connectivity index (χ1n) is 9.06. The molecule has 2 aliphatic rings. The largest absolute Gasteiger partial charge is 0.481 e. The minimum absolute atomic E-state index is 0.100. The van der Waals surface area contributed by atoms with Gasteiger partial charge in [0.25, 0.3) is 5.91 Å². The Kier molecular flexibility index (Phi) is 4.45. The molecular weight excluding hydrogens is 312 g/mol. The van der Waals surface area contributed by atoms with E-state index in [4.69, 9.17) is 4.74 Å². The van der Waals surface area contributed by atoms with E-state index in [9.17, 15) is 4.79 Å². The molecule has 3 atom stereocenters. The molecule has 0 aromatic heterocycles. The number of nitrogens with one attached hydrogen (secondary N) is 1. The summed E-state index contributed by atoms with van der Waals surface area (Å²) in [6, 6.07) is 18.5. The predicted octanol–water partition coefficient (Wildman–Crippen LogP) is 2.94. The summed E-state index contributed by atoms with van der Waals surface area (Å²) in [5, 5.41) is 3.38. The zero-order valence-corrected chi connectivity index (χ0v) is 14.5. The molecule has 4 nitrogen and oxygen atoms in total. The molecule has 2 fully saturated rings. The van der Waals surface area contributed by atoms with Crippen molar-refractivity contribution in [2.45, 2.75) is 25.5 Å². The van der Waals surface area contributed by atoms with Gasteiger partial charge in [-0.2, -0.15) is 0 Å². The summed E-state index contributed by atoms with van der Waals surface area (Å²) in [6.45, 7) is 4.65. The van der Waals surface area contributed by atoms with Gasteiger partial charge in [0.2, 0.25) is 0 Å². The molecule has 2 aliphatic heterocycles. The average molecular weight is 336 g/mol. The van der Waals surface area contributed by atoms with E-state index in [2.05, 4.69) is 17.4 Å². The number of fused-ring (bicyclic) bond motifs is 1. The number of benzene rings is 2. The van der Waals surface area contributed by atoms with E-state index >= 15 is 0 Å². The molecule has 25 heavy (non-hydrogen) atoms. The Morgan fingerprint density at radius 1 is 1.08 bits per heavy atom. The average Bonchev–Trinajstić information content (AvgIpc) is 3.26. The van der Waals surface area contributed by atoms with E-state index in [0.29, 0.717) is 12.0 Å². The summed E-state index contributed by atoms with van der Waals surface area (Å²) >= 11 is 0. The summed E-state index contributed by atoms with van der Waals surface area (Å²) < 4.78 is 5.92. The third-order valence-electron chi connectivity index (χ3n) is 5.35. The molecule has 130 valence electrons. The van der Waals surface area contributed by atoms with E-state index in [1.165, 1.54) is 5.56 Å². The van der Waals surface area contributed by atoms with Gasteiger partial charge in [-0.05, 0) is 42.5 Å². The van der Waals surface area contributed by atoms with Crippen molar-refractivity contribution in [1.82, 2.24) is 10.2 Å². The molecule has 2 saturated heterocycles. The second kappa shape index (κ2) is 6.89. The van der Waals surface area contributed by atoms with Gasteiger partial charge in [-0.25, -0.2) is 0 Å². The number of carbonyl (C=O) groups excluding carboxylic acids is 1. The Hall–Kier alpha value is -2.33. The molecule has 2 heterocycles. The van der Waals surface area contributed by atoms with Gasteiger partial charge >= 0.3 is 0 Å². The van der Waals surface area contributed by atoms with Gasteiger partial charge in [0, 0.05) is 25.7 Å². The van der Waals surface area contributed by atoms with E-state index in [-0.39, 0.29) is 5.91 Å². The molecule has 0 spiro atoms. The first-order valence-corrected chi connectivity index (χ1v) is 9.06. The summed E-state index contributed by atoms with van der Waals surface area (Å²) in [5.74, 6) is 1.45. The number of carbonyl (C=O) groups is 1. The fraction of sp³-hybridized carbons (Fsp3) is 0.381. The minimum atomic E-state index is -0.457. The Bertz CT molecular complexity index is 729. The third kappa shape index (κ3) is 3.27. The van der Waals surface area contributed by atoms with Crippen molar-refractivity contribution in [1.29, 1.82) is 0 Å². The summed E-state index contributed by atoms with van der Waals surface area (Å²) in [7, 11) is 0. The predicted molar refractivity (Wildman–Crippen MR) is 98.4 cm³/mol. The van der Waals surface area contributed by atoms with Gasteiger partial charge < -0.3 is 15.0 Å². The van der Waals surface area contributed by atoms with Crippen LogP contribution in [0.15, 0.2) is 54.6 Å². The topological polar surface area (TPSA) is 41.6 Å². The molecular formula is C21H24N2O2. The Morgan fingerprint density at radius 2 is 1.80 bits per heavy atom. The Morgan fingerprint density at radius 3 is 2.56 bits per heavy atom. The zero-order valence-electron chi connectivity index (χ0n) is 14.5. The fourth-order valence-corrected chi connectivity index (χ4v) is 3.97. The maximum atomic E-state index is 12.8. The number of amides is 1. The molecule has 1 unspecified atom stereocenters. The maximum Gasteiger partial charge on any atom is 0.263 e. The molecule has 2 aromatic rings. The van der Waals surface area contributed by atoms with Crippen LogP contribution >= 0.6 is 0 Å². The van der Waals surface area contributed by atoms with E-state index < -0.39 is 6.10 Å². The lowest BCUT2D eigenvalue weighted by Crippen LogP contribution is -2.45. The van der Waals surface area contributed by atoms with Gasteiger partial charge in [0.1, 0.15) is 5.75 Å². The van der Waals surface area contributed by atoms with Crippen LogP contribution in [-0.4, -0.2) is 42.6 Å². The molecule has 1 N–H and O–H groups in total. The summed E-state index contributed by atoms with van der Waals surface area (Å²) in [6.07, 6.45) is 0.643. The van der Waals surface area contributed by atoms with Gasteiger partial charge in [0.15, 0.2) is 6.10 Å². The van der Waals surface area contributed by atoms with Gasteiger partial charge in [0.05, 0.1) is 0 Å². The monoisotopic (exact) mass is 336 g/mol. The smallest absolute Gasteiger partial charge is 0.263 e. The van der Waals surface area contributed by atoms with Crippen molar-refractivity contribution in [3.63, 3.8) is 0 Å². The van der Waals surface area contributed by atoms with E-state index in [1.54, 1.807) is 0 Å². The standard InChI is InChI=1S/C21H24N2O2/c1-15(21(24)23-12-11-18-13-22-14-20(18)23)25-19-9-7-17(8-10-19)16-5-3-2-4-6-16/h2-10,15,18,20,22H,11-14H2,1H3/t15?,18-,20+/m1/s1. The van der Waals surface area contributed by atoms with Gasteiger partial charge in [-0.3, -0.25) is 4.79 Å². The molecule has 0 saturated carbocycles. The van der Waals surface area contributed by atoms with Crippen molar-refractivity contribution < 1.29 is 9.53 Å². The van der Waals surface area contributed by atoms with Crippen molar-refractivity contribution in [2.24, 2.45) is 5.92 Å². The molecule has 1 amide bonds. The number of hydrogen-bond acceptors (Lipinski definition) is 3. The quantitative estimate of drug-likeness (QED) is 0.933. The highest BCUT2D eigenvalue weighted by molar-refractivity contribution is 5.81. The lowest BCUT2D eigenvalue weighted by atomic mass is 10.1.